The van der Waals surface area contributed by atoms with Crippen molar-refractivity contribution >= 4 is 11.8 Å². The number of carbonyl (C=O) groups is 2. The first-order valence-electron chi connectivity index (χ1n) is 10.5. The molecule has 1 N–H and O–H groups in total. The maximum Gasteiger partial charge on any atom is 0.259 e. The number of ether oxygens (including phenoxy) is 1. The summed E-state index contributed by atoms with van der Waals surface area (Å²) in [6.07, 6.45) is 2.84. The number of likely N-dealkylation sites (N-methyl/N-ethyl adjacent to an activating group) is 1. The second kappa shape index (κ2) is 10.2. The van der Waals surface area contributed by atoms with Gasteiger partial charge in [0.05, 0.1) is 19.2 Å². The van der Waals surface area contributed by atoms with Crippen molar-refractivity contribution in [2.24, 2.45) is 5.92 Å². The summed E-state index contributed by atoms with van der Waals surface area (Å²) in [7, 11) is 1.71. The van der Waals surface area contributed by atoms with E-state index in [1.807, 2.05) is 19.1 Å². The van der Waals surface area contributed by atoms with E-state index in [9.17, 15) is 14.7 Å². The Kier molecular flexibility index (Phi) is 7.44. The summed E-state index contributed by atoms with van der Waals surface area (Å²) in [5, 5.41) is 9.73. The fourth-order valence-electron chi connectivity index (χ4n) is 3.36. The number of fused-ring (bicyclic) bond motifs is 1. The number of hydrogen-bond donors (Lipinski definition) is 1. The van der Waals surface area contributed by atoms with Gasteiger partial charge in [-0.2, -0.15) is 0 Å². The molecule has 2 aromatic rings. The number of aromatic nitrogens is 2. The lowest BCUT2D eigenvalue weighted by Crippen LogP contribution is -2.50. The van der Waals surface area contributed by atoms with Gasteiger partial charge in [-0.25, -0.2) is 9.97 Å². The molecule has 0 saturated heterocycles. The molecule has 0 radical (unpaired) electrons. The Bertz CT molecular complexity index is 1030. The molecule has 3 atom stereocenters. The normalized spacial score (nSPS) is 18.9. The Morgan fingerprint density at radius 3 is 2.81 bits per heavy atom. The summed E-state index contributed by atoms with van der Waals surface area (Å²) < 4.78 is 6.14. The SMILES string of the molecule is CC(=O)N(C)C[C@@H]1Oc2ncc(C#Cc3ccccn3)cc2C(=O)N([C@H](C)CO)C[C@@H]1C. The number of hydrogen-bond acceptors (Lipinski definition) is 6. The zero-order valence-corrected chi connectivity index (χ0v) is 18.8. The van der Waals surface area contributed by atoms with Gasteiger partial charge < -0.3 is 19.6 Å². The lowest BCUT2D eigenvalue weighted by Gasteiger charge is -2.37. The van der Waals surface area contributed by atoms with Crippen LogP contribution < -0.4 is 4.74 Å². The van der Waals surface area contributed by atoms with E-state index in [2.05, 4.69) is 21.8 Å². The molecular weight excluding hydrogens is 408 g/mol. The average Bonchev–Trinajstić information content (AvgIpc) is 2.80. The summed E-state index contributed by atoms with van der Waals surface area (Å²) in [6, 6.07) is 6.72. The third-order valence-corrected chi connectivity index (χ3v) is 5.51. The highest BCUT2D eigenvalue weighted by Crippen LogP contribution is 2.27. The summed E-state index contributed by atoms with van der Waals surface area (Å²) in [5.41, 5.74) is 1.44. The maximum atomic E-state index is 13.4. The predicted octanol–water partition coefficient (Wildman–Crippen LogP) is 1.57. The predicted molar refractivity (Wildman–Crippen MR) is 119 cm³/mol. The van der Waals surface area contributed by atoms with Crippen LogP contribution in [0.15, 0.2) is 36.7 Å². The first kappa shape index (κ1) is 23.2. The second-order valence-corrected chi connectivity index (χ2v) is 8.06. The average molecular weight is 437 g/mol. The minimum absolute atomic E-state index is 0.0761. The van der Waals surface area contributed by atoms with Crippen LogP contribution in [-0.4, -0.2) is 75.6 Å². The van der Waals surface area contributed by atoms with Crippen molar-refractivity contribution in [1.82, 2.24) is 19.8 Å². The molecule has 168 valence electrons. The summed E-state index contributed by atoms with van der Waals surface area (Å²) in [5.74, 6) is 5.70. The van der Waals surface area contributed by atoms with E-state index in [1.54, 1.807) is 48.3 Å². The number of aliphatic hydroxyl groups is 1. The molecule has 0 aliphatic carbocycles. The summed E-state index contributed by atoms with van der Waals surface area (Å²) in [6.45, 7) is 5.81. The van der Waals surface area contributed by atoms with Gasteiger partial charge in [-0.3, -0.25) is 9.59 Å². The van der Waals surface area contributed by atoms with Gasteiger partial charge in [-0.15, -0.1) is 0 Å². The fourth-order valence-corrected chi connectivity index (χ4v) is 3.36. The van der Waals surface area contributed by atoms with Crippen LogP contribution in [0.4, 0.5) is 0 Å². The molecule has 32 heavy (non-hydrogen) atoms. The van der Waals surface area contributed by atoms with Crippen LogP contribution in [0.5, 0.6) is 5.88 Å². The van der Waals surface area contributed by atoms with Gasteiger partial charge in [0.2, 0.25) is 11.8 Å². The highest BCUT2D eigenvalue weighted by Gasteiger charge is 2.34. The topological polar surface area (TPSA) is 95.9 Å². The Morgan fingerprint density at radius 2 is 2.16 bits per heavy atom. The quantitative estimate of drug-likeness (QED) is 0.731. The van der Waals surface area contributed by atoms with Crippen molar-refractivity contribution in [3.8, 4) is 17.7 Å². The van der Waals surface area contributed by atoms with Gasteiger partial charge in [0, 0.05) is 44.4 Å². The lowest BCUT2D eigenvalue weighted by molar-refractivity contribution is -0.129. The van der Waals surface area contributed by atoms with Crippen LogP contribution in [-0.2, 0) is 4.79 Å². The molecule has 0 spiro atoms. The van der Waals surface area contributed by atoms with Gasteiger partial charge in [-0.1, -0.05) is 18.9 Å². The van der Waals surface area contributed by atoms with Crippen molar-refractivity contribution in [3.05, 3.63) is 53.5 Å². The third kappa shape index (κ3) is 5.42. The van der Waals surface area contributed by atoms with Crippen molar-refractivity contribution < 1.29 is 19.4 Å². The monoisotopic (exact) mass is 436 g/mol. The number of pyridine rings is 2. The largest absolute Gasteiger partial charge is 0.472 e. The van der Waals surface area contributed by atoms with Crippen molar-refractivity contribution in [3.63, 3.8) is 0 Å². The van der Waals surface area contributed by atoms with Gasteiger partial charge >= 0.3 is 0 Å². The van der Waals surface area contributed by atoms with Gasteiger partial charge in [0.25, 0.3) is 5.91 Å². The van der Waals surface area contributed by atoms with Crippen LogP contribution in [0.1, 0.15) is 42.4 Å². The minimum atomic E-state index is -0.384. The first-order valence-corrected chi connectivity index (χ1v) is 10.5. The molecule has 0 unspecified atom stereocenters. The highest BCUT2D eigenvalue weighted by molar-refractivity contribution is 5.97. The molecule has 3 rings (SSSR count). The summed E-state index contributed by atoms with van der Waals surface area (Å²) in [4.78, 5) is 36.9. The van der Waals surface area contributed by atoms with Crippen LogP contribution >= 0.6 is 0 Å². The molecule has 1 aliphatic heterocycles. The van der Waals surface area contributed by atoms with Gasteiger partial charge in [-0.05, 0) is 31.0 Å². The fraction of sp³-hybridized carbons (Fsp3) is 0.417. The minimum Gasteiger partial charge on any atom is -0.472 e. The van der Waals surface area contributed by atoms with E-state index in [-0.39, 0.29) is 47.9 Å². The highest BCUT2D eigenvalue weighted by atomic mass is 16.5. The number of rotatable bonds is 4. The zero-order valence-electron chi connectivity index (χ0n) is 18.8. The molecule has 1 aliphatic rings. The van der Waals surface area contributed by atoms with Crippen LogP contribution in [0.2, 0.25) is 0 Å². The van der Waals surface area contributed by atoms with Crippen LogP contribution in [0.3, 0.4) is 0 Å². The number of nitrogens with zero attached hydrogens (tertiary/aromatic N) is 4. The van der Waals surface area contributed by atoms with E-state index in [1.165, 1.54) is 6.92 Å². The molecule has 0 aromatic carbocycles. The lowest BCUT2D eigenvalue weighted by atomic mass is 10.00. The second-order valence-electron chi connectivity index (χ2n) is 8.06. The van der Waals surface area contributed by atoms with Crippen LogP contribution in [0, 0.1) is 17.8 Å². The molecule has 0 saturated carbocycles. The smallest absolute Gasteiger partial charge is 0.259 e. The Balaban J connectivity index is 2.00. The maximum absolute atomic E-state index is 13.4. The molecule has 3 heterocycles. The van der Waals surface area contributed by atoms with Crippen molar-refractivity contribution in [2.45, 2.75) is 32.9 Å². The Labute approximate surface area is 188 Å². The number of carbonyl (C=O) groups excluding carboxylic acids is 2. The van der Waals surface area contributed by atoms with E-state index in [4.69, 9.17) is 4.74 Å². The van der Waals surface area contributed by atoms with Gasteiger partial charge in [0.1, 0.15) is 17.4 Å². The molecule has 8 heteroatoms. The van der Waals surface area contributed by atoms with Crippen molar-refractivity contribution in [2.75, 3.05) is 26.7 Å². The van der Waals surface area contributed by atoms with Crippen molar-refractivity contribution in [1.29, 1.82) is 0 Å². The zero-order chi connectivity index (χ0) is 23.3. The molecule has 2 aromatic heterocycles. The van der Waals surface area contributed by atoms with E-state index in [0.29, 0.717) is 24.3 Å². The molecule has 0 bridgehead atoms. The summed E-state index contributed by atoms with van der Waals surface area (Å²) >= 11 is 0. The van der Waals surface area contributed by atoms with E-state index >= 15 is 0 Å². The molecule has 8 nitrogen and oxygen atoms in total. The third-order valence-electron chi connectivity index (χ3n) is 5.51. The standard InChI is InChI=1S/C24H28N4O4/c1-16-13-28(17(2)15-29)24(31)21-11-19(8-9-20-7-5-6-10-25-20)12-26-23(21)32-22(16)14-27(4)18(3)30/h5-7,10-12,16-17,22,29H,13-15H2,1-4H3/t16-,17+,22-/m0/s1. The van der Waals surface area contributed by atoms with E-state index in [0.717, 1.165) is 0 Å². The molecule has 2 amide bonds. The van der Waals surface area contributed by atoms with E-state index < -0.39 is 0 Å². The van der Waals surface area contributed by atoms with Gasteiger partial charge in [0.15, 0.2) is 0 Å². The molecular formula is C24H28N4O4. The number of amides is 2. The Hall–Kier alpha value is -3.44. The number of aliphatic hydroxyl groups excluding tert-OH is 1. The van der Waals surface area contributed by atoms with Crippen LogP contribution in [0.25, 0.3) is 0 Å². The Morgan fingerprint density at radius 1 is 1.38 bits per heavy atom. The first-order chi connectivity index (χ1) is 15.3. The molecule has 0 fully saturated rings.